The molecule has 0 aliphatic carbocycles. The van der Waals surface area contributed by atoms with Crippen LogP contribution in [0.3, 0.4) is 0 Å². The molecule has 0 aliphatic heterocycles. The van der Waals surface area contributed by atoms with Crippen molar-refractivity contribution in [3.8, 4) is 11.1 Å². The summed E-state index contributed by atoms with van der Waals surface area (Å²) in [4.78, 5) is 21.4. The van der Waals surface area contributed by atoms with Crippen molar-refractivity contribution in [2.75, 3.05) is 7.11 Å². The Morgan fingerprint density at radius 3 is 2.48 bits per heavy atom. The molecule has 0 bridgehead atoms. The summed E-state index contributed by atoms with van der Waals surface area (Å²) < 4.78 is 4.51. The molecule has 21 heavy (non-hydrogen) atoms. The molecule has 0 saturated heterocycles. The Morgan fingerprint density at radius 2 is 1.86 bits per heavy atom. The summed E-state index contributed by atoms with van der Waals surface area (Å²) >= 11 is 0. The second kappa shape index (κ2) is 6.47. The molecule has 2 rings (SSSR count). The fourth-order valence-electron chi connectivity index (χ4n) is 1.82. The number of nitro benzene ring substituents is 1. The highest BCUT2D eigenvalue weighted by Gasteiger charge is 2.06. The van der Waals surface area contributed by atoms with Gasteiger partial charge in [0, 0.05) is 18.2 Å². The third-order valence-electron chi connectivity index (χ3n) is 2.91. The van der Waals surface area contributed by atoms with Gasteiger partial charge in [0.2, 0.25) is 0 Å². The molecule has 0 unspecified atom stereocenters. The van der Waals surface area contributed by atoms with Crippen molar-refractivity contribution in [2.45, 2.75) is 0 Å². The number of carbonyl (C=O) groups is 1. The van der Waals surface area contributed by atoms with E-state index in [-0.39, 0.29) is 5.69 Å². The van der Waals surface area contributed by atoms with Crippen LogP contribution >= 0.6 is 0 Å². The number of rotatable bonds is 4. The number of hydrogen-bond acceptors (Lipinski definition) is 4. The van der Waals surface area contributed by atoms with Crippen LogP contribution in [-0.4, -0.2) is 18.0 Å². The van der Waals surface area contributed by atoms with Gasteiger partial charge in [-0.3, -0.25) is 10.1 Å². The van der Waals surface area contributed by atoms with Crippen LogP contribution in [0.25, 0.3) is 17.2 Å². The van der Waals surface area contributed by atoms with Crippen molar-refractivity contribution >= 4 is 17.7 Å². The van der Waals surface area contributed by atoms with Gasteiger partial charge in [0.15, 0.2) is 0 Å². The average Bonchev–Trinajstić information content (AvgIpc) is 2.53. The zero-order chi connectivity index (χ0) is 15.2. The van der Waals surface area contributed by atoms with Crippen LogP contribution < -0.4 is 0 Å². The third-order valence-corrected chi connectivity index (χ3v) is 2.91. The highest BCUT2D eigenvalue weighted by molar-refractivity contribution is 5.87. The van der Waals surface area contributed by atoms with Gasteiger partial charge in [0.25, 0.3) is 5.69 Å². The molecule has 0 saturated carbocycles. The lowest BCUT2D eigenvalue weighted by Gasteiger charge is -2.02. The van der Waals surface area contributed by atoms with E-state index in [1.807, 2.05) is 30.3 Å². The molecular formula is C16H13NO4. The number of ether oxygens (including phenoxy) is 1. The molecule has 5 heteroatoms. The minimum atomic E-state index is -0.420. The maximum Gasteiger partial charge on any atom is 0.330 e. The monoisotopic (exact) mass is 283 g/mol. The summed E-state index contributed by atoms with van der Waals surface area (Å²) in [5.41, 5.74) is 2.54. The molecule has 5 nitrogen and oxygen atoms in total. The number of hydrogen-bond donors (Lipinski definition) is 0. The number of esters is 1. The predicted octanol–water partition coefficient (Wildman–Crippen LogP) is 3.45. The van der Waals surface area contributed by atoms with Crippen LogP contribution in [0, 0.1) is 10.1 Å². The van der Waals surface area contributed by atoms with Crippen LogP contribution in [0.5, 0.6) is 0 Å². The van der Waals surface area contributed by atoms with Crippen LogP contribution in [0.2, 0.25) is 0 Å². The third kappa shape index (κ3) is 3.76. The Bertz CT molecular complexity index is 690. The molecule has 0 heterocycles. The largest absolute Gasteiger partial charge is 0.466 e. The van der Waals surface area contributed by atoms with Gasteiger partial charge in [-0.2, -0.15) is 0 Å². The Balaban J connectivity index is 2.23. The molecule has 106 valence electrons. The number of nitrogens with zero attached hydrogens (tertiary/aromatic N) is 1. The van der Waals surface area contributed by atoms with E-state index in [1.54, 1.807) is 12.1 Å². The number of methoxy groups -OCH3 is 1. The first-order chi connectivity index (χ1) is 10.1. The van der Waals surface area contributed by atoms with Gasteiger partial charge < -0.3 is 4.74 Å². The summed E-state index contributed by atoms with van der Waals surface area (Å²) in [6.07, 6.45) is 2.98. The molecule has 0 spiro atoms. The number of benzene rings is 2. The first-order valence-electron chi connectivity index (χ1n) is 6.21. The van der Waals surface area contributed by atoms with E-state index in [9.17, 15) is 14.9 Å². The van der Waals surface area contributed by atoms with Gasteiger partial charge >= 0.3 is 5.97 Å². The lowest BCUT2D eigenvalue weighted by atomic mass is 10.0. The molecule has 0 amide bonds. The standard InChI is InChI=1S/C16H13NO4/c1-21-16(18)10-7-12-5-8-13(9-6-12)14-3-2-4-15(11-14)17(19)20/h2-11H,1H3. The fraction of sp³-hybridized carbons (Fsp3) is 0.0625. The van der Waals surface area contributed by atoms with Crippen molar-refractivity contribution in [1.82, 2.24) is 0 Å². The molecule has 2 aromatic rings. The van der Waals surface area contributed by atoms with Gasteiger partial charge in [0.1, 0.15) is 0 Å². The van der Waals surface area contributed by atoms with Crippen molar-refractivity contribution in [1.29, 1.82) is 0 Å². The molecular weight excluding hydrogens is 270 g/mol. The Labute approximate surface area is 121 Å². The van der Waals surface area contributed by atoms with Gasteiger partial charge in [-0.1, -0.05) is 36.4 Å². The van der Waals surface area contributed by atoms with Crippen LogP contribution in [-0.2, 0) is 9.53 Å². The van der Waals surface area contributed by atoms with Crippen LogP contribution in [0.15, 0.2) is 54.6 Å². The van der Waals surface area contributed by atoms with E-state index in [0.717, 1.165) is 16.7 Å². The summed E-state index contributed by atoms with van der Waals surface area (Å²) in [6, 6.07) is 13.8. The highest BCUT2D eigenvalue weighted by Crippen LogP contribution is 2.24. The second-order valence-corrected chi connectivity index (χ2v) is 4.29. The minimum absolute atomic E-state index is 0.0576. The maximum atomic E-state index is 11.0. The number of nitro groups is 1. The summed E-state index contributed by atoms with van der Waals surface area (Å²) in [5.74, 6) is -0.419. The van der Waals surface area contributed by atoms with E-state index >= 15 is 0 Å². The van der Waals surface area contributed by atoms with Crippen molar-refractivity contribution in [3.05, 3.63) is 70.3 Å². The van der Waals surface area contributed by atoms with Crippen molar-refractivity contribution < 1.29 is 14.5 Å². The van der Waals surface area contributed by atoms with Gasteiger partial charge in [-0.25, -0.2) is 4.79 Å². The molecule has 0 aliphatic rings. The van der Waals surface area contributed by atoms with E-state index in [4.69, 9.17) is 0 Å². The molecule has 2 aromatic carbocycles. The molecule has 0 aromatic heterocycles. The first kappa shape index (κ1) is 14.5. The Hall–Kier alpha value is -2.95. The van der Waals surface area contributed by atoms with Crippen molar-refractivity contribution in [3.63, 3.8) is 0 Å². The highest BCUT2D eigenvalue weighted by atomic mass is 16.6. The zero-order valence-electron chi connectivity index (χ0n) is 11.4. The molecule has 0 N–H and O–H groups in total. The summed E-state index contributed by atoms with van der Waals surface area (Å²) in [6.45, 7) is 0. The fourth-order valence-corrected chi connectivity index (χ4v) is 1.82. The van der Waals surface area contributed by atoms with E-state index in [2.05, 4.69) is 4.74 Å². The average molecular weight is 283 g/mol. The maximum absolute atomic E-state index is 11.0. The quantitative estimate of drug-likeness (QED) is 0.373. The lowest BCUT2D eigenvalue weighted by molar-refractivity contribution is -0.384. The van der Waals surface area contributed by atoms with Gasteiger partial charge in [-0.05, 0) is 22.8 Å². The van der Waals surface area contributed by atoms with E-state index in [1.165, 1.54) is 25.3 Å². The SMILES string of the molecule is COC(=O)C=Cc1ccc(-c2cccc([N+](=O)[O-])c2)cc1. The van der Waals surface area contributed by atoms with Gasteiger partial charge in [0.05, 0.1) is 12.0 Å². The van der Waals surface area contributed by atoms with Crippen LogP contribution in [0.4, 0.5) is 5.69 Å². The van der Waals surface area contributed by atoms with E-state index < -0.39 is 10.9 Å². The topological polar surface area (TPSA) is 69.4 Å². The predicted molar refractivity (Wildman–Crippen MR) is 79.6 cm³/mol. The van der Waals surface area contributed by atoms with Crippen molar-refractivity contribution in [2.24, 2.45) is 0 Å². The van der Waals surface area contributed by atoms with Gasteiger partial charge in [-0.15, -0.1) is 0 Å². The molecule has 0 fully saturated rings. The summed E-state index contributed by atoms with van der Waals surface area (Å²) in [5, 5.41) is 10.8. The summed E-state index contributed by atoms with van der Waals surface area (Å²) in [7, 11) is 1.32. The first-order valence-corrected chi connectivity index (χ1v) is 6.21. The normalized spacial score (nSPS) is 10.5. The molecule has 0 radical (unpaired) electrons. The second-order valence-electron chi connectivity index (χ2n) is 4.29. The molecule has 0 atom stereocenters. The minimum Gasteiger partial charge on any atom is -0.466 e. The lowest BCUT2D eigenvalue weighted by Crippen LogP contribution is -1.93. The Kier molecular flexibility index (Phi) is 4.46. The smallest absolute Gasteiger partial charge is 0.330 e. The van der Waals surface area contributed by atoms with E-state index in [0.29, 0.717) is 0 Å². The number of non-ortho nitro benzene ring substituents is 1. The van der Waals surface area contributed by atoms with Crippen LogP contribution in [0.1, 0.15) is 5.56 Å². The zero-order valence-corrected chi connectivity index (χ0v) is 11.4. The number of carbonyl (C=O) groups excluding carboxylic acids is 1. The Morgan fingerprint density at radius 1 is 1.14 bits per heavy atom.